The SMILES string of the molecule is CC(C)c1ccccc1-n1c(-c2[c-]ccc3c2oc2ccccc23)nc2ccc3c(c21)C1CC3c2ccccc21.[Ir].[c-]1ccccc1-c1ccccn1. The van der Waals surface area contributed by atoms with Gasteiger partial charge in [-0.05, 0) is 70.1 Å². The molecule has 11 rings (SSSR count). The van der Waals surface area contributed by atoms with Crippen LogP contribution in [0.5, 0.6) is 0 Å². The number of nitrogens with zero attached hydrogens (tertiary/aromatic N) is 3. The summed E-state index contributed by atoms with van der Waals surface area (Å²) in [5, 5.41) is 2.21. The average Bonchev–Trinajstić information content (AvgIpc) is 3.98. The maximum atomic E-state index is 6.51. The van der Waals surface area contributed by atoms with Gasteiger partial charge in [0.15, 0.2) is 0 Å². The molecule has 4 nitrogen and oxygen atoms in total. The molecule has 6 aromatic carbocycles. The molecule has 3 aromatic heterocycles. The van der Waals surface area contributed by atoms with Gasteiger partial charge in [-0.2, -0.15) is 0 Å². The number of para-hydroxylation sites is 2. The van der Waals surface area contributed by atoms with Gasteiger partial charge in [0, 0.05) is 49.2 Å². The molecule has 0 N–H and O–H groups in total. The Morgan fingerprint density at radius 3 is 2.28 bits per heavy atom. The third-order valence-corrected chi connectivity index (χ3v) is 10.8. The Balaban J connectivity index is 0.000000245. The monoisotopic (exact) mass is 862 g/mol. The van der Waals surface area contributed by atoms with Crippen molar-refractivity contribution in [2.24, 2.45) is 0 Å². The number of hydrogen-bond acceptors (Lipinski definition) is 3. The van der Waals surface area contributed by atoms with E-state index in [1.165, 1.54) is 39.0 Å². The van der Waals surface area contributed by atoms with Gasteiger partial charge in [-0.15, -0.1) is 54.1 Å². The van der Waals surface area contributed by atoms with Gasteiger partial charge in [0.1, 0.15) is 5.58 Å². The molecule has 0 spiro atoms. The van der Waals surface area contributed by atoms with E-state index in [-0.39, 0.29) is 20.1 Å². The molecular weight excluding hydrogens is 827 g/mol. The van der Waals surface area contributed by atoms with E-state index in [1.54, 1.807) is 6.20 Å². The van der Waals surface area contributed by atoms with Crippen molar-refractivity contribution in [2.45, 2.75) is 38.0 Å². The van der Waals surface area contributed by atoms with Crippen LogP contribution in [0.3, 0.4) is 0 Å². The molecular formula is C48H35IrN3O-2. The molecule has 2 unspecified atom stereocenters. The van der Waals surface area contributed by atoms with Crippen molar-refractivity contribution in [2.75, 3.05) is 0 Å². The molecule has 0 amide bonds. The Bertz CT molecular complexity index is 2730. The molecule has 2 aliphatic rings. The summed E-state index contributed by atoms with van der Waals surface area (Å²) in [5.74, 6) is 2.09. The van der Waals surface area contributed by atoms with Crippen LogP contribution in [-0.2, 0) is 20.1 Å². The van der Waals surface area contributed by atoms with E-state index in [4.69, 9.17) is 9.40 Å². The van der Waals surface area contributed by atoms with Crippen molar-refractivity contribution in [3.8, 4) is 28.3 Å². The van der Waals surface area contributed by atoms with Crippen LogP contribution in [0.15, 0.2) is 150 Å². The molecule has 0 saturated carbocycles. The molecule has 0 fully saturated rings. The summed E-state index contributed by atoms with van der Waals surface area (Å²) in [6.45, 7) is 4.54. The second kappa shape index (κ2) is 13.4. The number of hydrogen-bond donors (Lipinski definition) is 0. The van der Waals surface area contributed by atoms with Gasteiger partial charge in [0.05, 0.1) is 22.4 Å². The molecule has 2 bridgehead atoms. The van der Waals surface area contributed by atoms with E-state index in [2.05, 4.69) is 114 Å². The number of rotatable bonds is 4. The van der Waals surface area contributed by atoms with Crippen molar-refractivity contribution >= 4 is 33.0 Å². The van der Waals surface area contributed by atoms with Gasteiger partial charge in [-0.25, -0.2) is 0 Å². The maximum absolute atomic E-state index is 6.51. The zero-order valence-electron chi connectivity index (χ0n) is 29.4. The Morgan fingerprint density at radius 2 is 1.47 bits per heavy atom. The minimum absolute atomic E-state index is 0. The first kappa shape index (κ1) is 33.2. The van der Waals surface area contributed by atoms with Crippen LogP contribution in [0.25, 0.3) is 61.3 Å². The average molecular weight is 862 g/mol. The summed E-state index contributed by atoms with van der Waals surface area (Å²) < 4.78 is 8.93. The molecule has 259 valence electrons. The first-order chi connectivity index (χ1) is 25.7. The van der Waals surface area contributed by atoms with E-state index in [1.807, 2.05) is 60.7 Å². The Hall–Kier alpha value is -5.61. The van der Waals surface area contributed by atoms with E-state index >= 15 is 0 Å². The van der Waals surface area contributed by atoms with Crippen LogP contribution in [0.2, 0.25) is 0 Å². The third kappa shape index (κ3) is 5.38. The number of furan rings is 1. The second-order valence-corrected chi connectivity index (χ2v) is 14.1. The second-order valence-electron chi connectivity index (χ2n) is 14.1. The van der Waals surface area contributed by atoms with Gasteiger partial charge in [0.25, 0.3) is 0 Å². The summed E-state index contributed by atoms with van der Waals surface area (Å²) in [6.07, 6.45) is 2.93. The number of aromatic nitrogens is 3. The number of imidazole rings is 1. The van der Waals surface area contributed by atoms with E-state index in [0.29, 0.717) is 17.8 Å². The molecule has 3 heterocycles. The number of benzene rings is 6. The van der Waals surface area contributed by atoms with Crippen LogP contribution in [0.1, 0.15) is 65.8 Å². The van der Waals surface area contributed by atoms with Gasteiger partial charge < -0.3 is 14.0 Å². The Labute approximate surface area is 322 Å². The molecule has 2 aliphatic carbocycles. The molecule has 2 atom stereocenters. The maximum Gasteiger partial charge on any atom is 0.120 e. The molecule has 53 heavy (non-hydrogen) atoms. The van der Waals surface area contributed by atoms with Crippen LogP contribution in [0.4, 0.5) is 0 Å². The van der Waals surface area contributed by atoms with Crippen LogP contribution in [-0.4, -0.2) is 14.5 Å². The molecule has 0 aliphatic heterocycles. The summed E-state index contributed by atoms with van der Waals surface area (Å²) in [6, 6.07) is 55.1. The molecule has 5 heteroatoms. The fourth-order valence-corrected chi connectivity index (χ4v) is 8.59. The van der Waals surface area contributed by atoms with Crippen molar-refractivity contribution < 1.29 is 24.5 Å². The van der Waals surface area contributed by atoms with Crippen molar-refractivity contribution in [1.29, 1.82) is 0 Å². The van der Waals surface area contributed by atoms with E-state index in [0.717, 1.165) is 56.5 Å². The Morgan fingerprint density at radius 1 is 0.698 bits per heavy atom. The quantitative estimate of drug-likeness (QED) is 0.166. The standard InChI is InChI=1S/C37H27N2O.C11H8N.Ir/c1-21(2)22-10-5-7-16-32(22)39-35-31(19-18-26-29-20-30(34(26)35)24-12-4-3-11-23(24)29)38-37(39)28-15-9-14-27-25-13-6-8-17-33(25)40-36(27)28;1-2-6-10(7-3-1)11-8-4-5-9-12-11;/h3-14,16-19,21,29-30H,20H2,1-2H3;1-6,8-9H;/q2*-1;. The topological polar surface area (TPSA) is 43.9 Å². The number of pyridine rings is 1. The van der Waals surface area contributed by atoms with Crippen molar-refractivity contribution in [3.05, 3.63) is 186 Å². The fraction of sp³-hybridized carbons (Fsp3) is 0.125. The normalized spacial score (nSPS) is 15.3. The third-order valence-electron chi connectivity index (χ3n) is 10.8. The van der Waals surface area contributed by atoms with E-state index < -0.39 is 0 Å². The van der Waals surface area contributed by atoms with Crippen molar-refractivity contribution in [1.82, 2.24) is 14.5 Å². The first-order valence-electron chi connectivity index (χ1n) is 18.1. The molecule has 0 saturated heterocycles. The molecule has 9 aromatic rings. The van der Waals surface area contributed by atoms with Gasteiger partial charge >= 0.3 is 0 Å². The zero-order valence-corrected chi connectivity index (χ0v) is 31.8. The predicted molar refractivity (Wildman–Crippen MR) is 210 cm³/mol. The minimum Gasteiger partial charge on any atom is -0.501 e. The van der Waals surface area contributed by atoms with Crippen molar-refractivity contribution in [3.63, 3.8) is 0 Å². The zero-order chi connectivity index (χ0) is 34.8. The summed E-state index contributed by atoms with van der Waals surface area (Å²) in [5.41, 5.74) is 15.2. The van der Waals surface area contributed by atoms with Crippen LogP contribution < -0.4 is 0 Å². The largest absolute Gasteiger partial charge is 0.501 e. The smallest absolute Gasteiger partial charge is 0.120 e. The van der Waals surface area contributed by atoms with E-state index in [9.17, 15) is 0 Å². The predicted octanol–water partition coefficient (Wildman–Crippen LogP) is 12.0. The minimum atomic E-state index is 0. The van der Waals surface area contributed by atoms with Crippen LogP contribution >= 0.6 is 0 Å². The van der Waals surface area contributed by atoms with Gasteiger partial charge in [0.2, 0.25) is 0 Å². The molecule has 1 radical (unpaired) electrons. The number of fused-ring (bicyclic) bond motifs is 13. The summed E-state index contributed by atoms with van der Waals surface area (Å²) >= 11 is 0. The van der Waals surface area contributed by atoms with Crippen LogP contribution in [0, 0.1) is 12.1 Å². The van der Waals surface area contributed by atoms with Gasteiger partial charge in [-0.3, -0.25) is 4.98 Å². The fourth-order valence-electron chi connectivity index (χ4n) is 8.59. The summed E-state index contributed by atoms with van der Waals surface area (Å²) in [4.78, 5) is 9.59. The van der Waals surface area contributed by atoms with Gasteiger partial charge in [-0.1, -0.05) is 104 Å². The first-order valence-corrected chi connectivity index (χ1v) is 18.1. The Kier molecular flexibility index (Phi) is 8.42. The summed E-state index contributed by atoms with van der Waals surface area (Å²) in [7, 11) is 0.